The van der Waals surface area contributed by atoms with E-state index in [9.17, 15) is 9.59 Å². The zero-order chi connectivity index (χ0) is 21.8. The molecule has 0 radical (unpaired) electrons. The zero-order valence-corrected chi connectivity index (χ0v) is 17.5. The van der Waals surface area contributed by atoms with Crippen molar-refractivity contribution in [2.24, 2.45) is 5.16 Å². The number of carbonyl (C=O) groups is 2. The maximum absolute atomic E-state index is 12.4. The van der Waals surface area contributed by atoms with Crippen LogP contribution in [0.4, 0.5) is 5.69 Å². The van der Waals surface area contributed by atoms with Crippen molar-refractivity contribution in [1.82, 2.24) is 0 Å². The highest BCUT2D eigenvalue weighted by Crippen LogP contribution is 2.38. The van der Waals surface area contributed by atoms with E-state index in [4.69, 9.17) is 14.3 Å². The summed E-state index contributed by atoms with van der Waals surface area (Å²) in [6.45, 7) is 3.39. The van der Waals surface area contributed by atoms with Gasteiger partial charge >= 0.3 is 11.9 Å². The van der Waals surface area contributed by atoms with Crippen LogP contribution in [0.15, 0.2) is 65.3 Å². The van der Waals surface area contributed by atoms with Gasteiger partial charge in [-0.1, -0.05) is 29.4 Å². The minimum atomic E-state index is -0.465. The van der Waals surface area contributed by atoms with Gasteiger partial charge in [0.1, 0.15) is 11.5 Å². The van der Waals surface area contributed by atoms with Crippen LogP contribution >= 0.6 is 0 Å². The molecule has 0 fully saturated rings. The number of hydrogen-bond donors (Lipinski definition) is 0. The quantitative estimate of drug-likeness (QED) is 0.388. The molecule has 0 amide bonds. The maximum atomic E-state index is 12.4. The van der Waals surface area contributed by atoms with Crippen LogP contribution in [0.1, 0.15) is 30.4 Å². The molecule has 2 heterocycles. The lowest BCUT2D eigenvalue weighted by Gasteiger charge is -2.19. The molecular formula is C24H24N2O5. The van der Waals surface area contributed by atoms with Crippen molar-refractivity contribution in [2.75, 3.05) is 31.7 Å². The Morgan fingerprint density at radius 2 is 2.00 bits per heavy atom. The lowest BCUT2D eigenvalue weighted by atomic mass is 9.95. The van der Waals surface area contributed by atoms with Crippen LogP contribution in [-0.4, -0.2) is 44.5 Å². The van der Waals surface area contributed by atoms with Gasteiger partial charge in [-0.05, 0) is 42.8 Å². The fourth-order valence-electron chi connectivity index (χ4n) is 3.92. The fourth-order valence-corrected chi connectivity index (χ4v) is 3.92. The van der Waals surface area contributed by atoms with Crippen molar-refractivity contribution in [3.63, 3.8) is 0 Å². The average Bonchev–Trinajstić information content (AvgIpc) is 3.33. The molecule has 0 aliphatic carbocycles. The Morgan fingerprint density at radius 3 is 2.74 bits per heavy atom. The highest BCUT2D eigenvalue weighted by molar-refractivity contribution is 6.28. The lowest BCUT2D eigenvalue weighted by Crippen LogP contribution is -2.25. The van der Waals surface area contributed by atoms with Gasteiger partial charge in [-0.25, -0.2) is 4.79 Å². The highest BCUT2D eigenvalue weighted by atomic mass is 16.7. The van der Waals surface area contributed by atoms with E-state index in [1.807, 2.05) is 54.6 Å². The van der Waals surface area contributed by atoms with Gasteiger partial charge in [-0.2, -0.15) is 0 Å². The third-order valence-electron chi connectivity index (χ3n) is 5.41. The average molecular weight is 420 g/mol. The van der Waals surface area contributed by atoms with Crippen LogP contribution in [0.2, 0.25) is 0 Å². The number of ether oxygens (including phenoxy) is 2. The molecule has 4 rings (SSSR count). The van der Waals surface area contributed by atoms with Crippen LogP contribution in [-0.2, 0) is 19.2 Å². The smallest absolute Gasteiger partial charge is 0.367 e. The Morgan fingerprint density at radius 1 is 1.23 bits per heavy atom. The summed E-state index contributed by atoms with van der Waals surface area (Å²) in [6.07, 6.45) is 2.23. The summed E-state index contributed by atoms with van der Waals surface area (Å²) in [5.74, 6) is 0.0212. The fraction of sp³-hybridized carbons (Fsp3) is 0.292. The molecule has 0 N–H and O–H groups in total. The molecule has 0 saturated heterocycles. The molecule has 31 heavy (non-hydrogen) atoms. The van der Waals surface area contributed by atoms with Gasteiger partial charge < -0.3 is 19.2 Å². The predicted octanol–water partition coefficient (Wildman–Crippen LogP) is 3.44. The Balaban J connectivity index is 1.58. The van der Waals surface area contributed by atoms with E-state index in [1.165, 1.54) is 0 Å². The van der Waals surface area contributed by atoms with Crippen molar-refractivity contribution in [2.45, 2.75) is 19.3 Å². The number of rotatable bonds is 7. The van der Waals surface area contributed by atoms with E-state index in [1.54, 1.807) is 14.0 Å². The monoisotopic (exact) mass is 420 g/mol. The zero-order valence-electron chi connectivity index (χ0n) is 17.5. The molecule has 2 aromatic carbocycles. The summed E-state index contributed by atoms with van der Waals surface area (Å²) in [5.41, 5.74) is 3.89. The first-order valence-corrected chi connectivity index (χ1v) is 10.3. The molecule has 0 spiro atoms. The first-order valence-electron chi connectivity index (χ1n) is 10.3. The molecule has 1 atom stereocenters. The molecule has 0 saturated carbocycles. The van der Waals surface area contributed by atoms with E-state index in [2.05, 4.69) is 10.1 Å². The summed E-state index contributed by atoms with van der Waals surface area (Å²) in [4.78, 5) is 31.4. The number of esters is 1. The van der Waals surface area contributed by atoms with Crippen molar-refractivity contribution < 1.29 is 23.9 Å². The van der Waals surface area contributed by atoms with Crippen LogP contribution in [0.25, 0.3) is 0 Å². The third-order valence-corrected chi connectivity index (χ3v) is 5.41. The molecule has 2 aliphatic rings. The van der Waals surface area contributed by atoms with Crippen molar-refractivity contribution in [3.05, 3.63) is 71.3 Å². The second kappa shape index (κ2) is 9.04. The third kappa shape index (κ3) is 4.30. The number of methoxy groups -OCH3 is 1. The second-order valence-corrected chi connectivity index (χ2v) is 7.29. The lowest BCUT2D eigenvalue weighted by molar-refractivity contribution is -0.143. The van der Waals surface area contributed by atoms with E-state index in [0.29, 0.717) is 37.4 Å². The maximum Gasteiger partial charge on any atom is 0.367 e. The van der Waals surface area contributed by atoms with Crippen LogP contribution in [0, 0.1) is 0 Å². The number of carbonyl (C=O) groups excluding carboxylic acids is 2. The van der Waals surface area contributed by atoms with Gasteiger partial charge in [-0.3, -0.25) is 4.79 Å². The molecule has 160 valence electrons. The largest absolute Gasteiger partial charge is 0.497 e. The molecular weight excluding hydrogens is 396 g/mol. The predicted molar refractivity (Wildman–Crippen MR) is 116 cm³/mol. The number of fused-ring (bicyclic) bond motifs is 1. The summed E-state index contributed by atoms with van der Waals surface area (Å²) in [7, 11) is 1.60. The topological polar surface area (TPSA) is 77.4 Å². The Labute approximate surface area is 180 Å². The van der Waals surface area contributed by atoms with Gasteiger partial charge in [-0.15, -0.1) is 0 Å². The number of nitrogens with zero attached hydrogens (tertiary/aromatic N) is 2. The molecule has 0 bridgehead atoms. The number of oxime groups is 1. The SMILES string of the molecule is CCOC(=O)CCN1CC(/C=C2\C(=O)ON=C2c2ccc(OC)cc2)c2ccccc21. The van der Waals surface area contributed by atoms with Gasteiger partial charge in [0.25, 0.3) is 0 Å². The Kier molecular flexibility index (Phi) is 6.02. The number of para-hydroxylation sites is 1. The summed E-state index contributed by atoms with van der Waals surface area (Å²) in [6, 6.07) is 15.4. The van der Waals surface area contributed by atoms with Gasteiger partial charge in [0, 0.05) is 30.3 Å². The van der Waals surface area contributed by atoms with E-state index in [-0.39, 0.29) is 11.9 Å². The summed E-state index contributed by atoms with van der Waals surface area (Å²) in [5, 5.41) is 4.00. The Bertz CT molecular complexity index is 1040. The first kappa shape index (κ1) is 20.7. The molecule has 1 unspecified atom stereocenters. The van der Waals surface area contributed by atoms with Crippen LogP contribution in [0.5, 0.6) is 5.75 Å². The van der Waals surface area contributed by atoms with Gasteiger partial charge in [0.15, 0.2) is 0 Å². The number of benzene rings is 2. The molecule has 7 heteroatoms. The summed E-state index contributed by atoms with van der Waals surface area (Å²) < 4.78 is 10.3. The van der Waals surface area contributed by atoms with Crippen molar-refractivity contribution >= 4 is 23.3 Å². The van der Waals surface area contributed by atoms with Gasteiger partial charge in [0.05, 0.1) is 25.7 Å². The standard InChI is InChI=1S/C24H24N2O5/c1-3-30-22(27)12-13-26-15-17(19-6-4-5-7-21(19)26)14-20-23(25-31-24(20)28)16-8-10-18(29-2)11-9-16/h4-11,14,17H,3,12-13,15H2,1-2H3/b20-14-. The van der Waals surface area contributed by atoms with E-state index < -0.39 is 5.97 Å². The van der Waals surface area contributed by atoms with Crippen molar-refractivity contribution in [3.8, 4) is 5.75 Å². The Hall–Kier alpha value is -3.61. The van der Waals surface area contributed by atoms with Crippen LogP contribution in [0.3, 0.4) is 0 Å². The van der Waals surface area contributed by atoms with E-state index in [0.717, 1.165) is 22.6 Å². The van der Waals surface area contributed by atoms with E-state index >= 15 is 0 Å². The first-order chi connectivity index (χ1) is 15.1. The minimum Gasteiger partial charge on any atom is -0.497 e. The molecule has 7 nitrogen and oxygen atoms in total. The molecule has 2 aromatic rings. The minimum absolute atomic E-state index is 0.0255. The normalized spacial score (nSPS) is 18.6. The van der Waals surface area contributed by atoms with Crippen LogP contribution < -0.4 is 9.64 Å². The molecule has 0 aromatic heterocycles. The number of hydrogen-bond acceptors (Lipinski definition) is 7. The van der Waals surface area contributed by atoms with Crippen molar-refractivity contribution in [1.29, 1.82) is 0 Å². The van der Waals surface area contributed by atoms with Gasteiger partial charge in [0.2, 0.25) is 0 Å². The number of anilines is 1. The second-order valence-electron chi connectivity index (χ2n) is 7.29. The summed E-state index contributed by atoms with van der Waals surface area (Å²) >= 11 is 0. The highest BCUT2D eigenvalue weighted by Gasteiger charge is 2.32. The molecule has 2 aliphatic heterocycles.